The second kappa shape index (κ2) is 11.5. The van der Waals surface area contributed by atoms with Crippen molar-refractivity contribution in [2.45, 2.75) is 37.9 Å². The minimum atomic E-state index is -0.0377. The van der Waals surface area contributed by atoms with Gasteiger partial charge in [-0.2, -0.15) is 4.68 Å². The van der Waals surface area contributed by atoms with Crippen LogP contribution in [0.1, 0.15) is 30.9 Å². The molecule has 0 bridgehead atoms. The molecule has 0 fully saturated rings. The van der Waals surface area contributed by atoms with Gasteiger partial charge in [0.05, 0.1) is 25.7 Å². The quantitative estimate of drug-likeness (QED) is 0.407. The average Bonchev–Trinajstić information content (AvgIpc) is 3.29. The summed E-state index contributed by atoms with van der Waals surface area (Å²) in [6.07, 6.45) is 3.40. The first-order valence-corrected chi connectivity index (χ1v) is 11.5. The Bertz CT molecular complexity index is 1020. The number of carbonyl (C=O) groups excluding carboxylic acids is 1. The molecule has 9 heteroatoms. The highest BCUT2D eigenvalue weighted by atomic mass is 32.2. The van der Waals surface area contributed by atoms with Gasteiger partial charge in [-0.25, -0.2) is 0 Å². The summed E-state index contributed by atoms with van der Waals surface area (Å²) in [7, 11) is 4.95. The van der Waals surface area contributed by atoms with Gasteiger partial charge in [-0.05, 0) is 47.0 Å². The highest BCUT2D eigenvalue weighted by Crippen LogP contribution is 2.31. The van der Waals surface area contributed by atoms with E-state index < -0.39 is 0 Å². The number of rotatable bonds is 11. The summed E-state index contributed by atoms with van der Waals surface area (Å²) in [6, 6.07) is 13.8. The van der Waals surface area contributed by atoms with Gasteiger partial charge in [0.1, 0.15) is 0 Å². The van der Waals surface area contributed by atoms with Crippen molar-refractivity contribution < 1.29 is 14.3 Å². The molecule has 1 amide bonds. The molecule has 0 saturated carbocycles. The normalized spacial score (nSPS) is 10.8. The van der Waals surface area contributed by atoms with Gasteiger partial charge in [0.15, 0.2) is 11.5 Å². The first-order chi connectivity index (χ1) is 15.6. The standard InChI is InChI=1S/C23H29N5O3S/c1-5-6-8-17-11-13-19(14-12-17)28-23(24-25-26-28)32-16-21(29)27(2)15-18-9-7-10-20(30-3)22(18)31-4/h7,9-14H,5-6,8,15-16H2,1-4H3. The summed E-state index contributed by atoms with van der Waals surface area (Å²) >= 11 is 1.31. The molecular weight excluding hydrogens is 426 g/mol. The van der Waals surface area contributed by atoms with Crippen molar-refractivity contribution in [1.82, 2.24) is 25.1 Å². The molecule has 1 aromatic heterocycles. The van der Waals surface area contributed by atoms with E-state index >= 15 is 0 Å². The highest BCUT2D eigenvalue weighted by molar-refractivity contribution is 7.99. The zero-order valence-electron chi connectivity index (χ0n) is 18.9. The minimum Gasteiger partial charge on any atom is -0.493 e. The molecule has 0 aliphatic carbocycles. The van der Waals surface area contributed by atoms with Gasteiger partial charge >= 0.3 is 0 Å². The lowest BCUT2D eigenvalue weighted by molar-refractivity contribution is -0.127. The van der Waals surface area contributed by atoms with Crippen LogP contribution in [0.3, 0.4) is 0 Å². The van der Waals surface area contributed by atoms with E-state index in [1.165, 1.54) is 30.2 Å². The third-order valence-corrected chi connectivity index (χ3v) is 5.99. The number of para-hydroxylation sites is 1. The van der Waals surface area contributed by atoms with E-state index in [2.05, 4.69) is 34.6 Å². The van der Waals surface area contributed by atoms with Crippen LogP contribution in [-0.4, -0.2) is 58.0 Å². The summed E-state index contributed by atoms with van der Waals surface area (Å²) < 4.78 is 12.5. The van der Waals surface area contributed by atoms with Gasteiger partial charge < -0.3 is 14.4 Å². The number of carbonyl (C=O) groups is 1. The fourth-order valence-corrected chi connectivity index (χ4v) is 4.11. The summed E-state index contributed by atoms with van der Waals surface area (Å²) in [5.74, 6) is 1.45. The van der Waals surface area contributed by atoms with E-state index in [1.54, 1.807) is 30.8 Å². The molecule has 1 heterocycles. The van der Waals surface area contributed by atoms with E-state index in [1.807, 2.05) is 30.3 Å². The van der Waals surface area contributed by atoms with Crippen molar-refractivity contribution in [3.8, 4) is 17.2 Å². The highest BCUT2D eigenvalue weighted by Gasteiger charge is 2.17. The topological polar surface area (TPSA) is 82.4 Å². The number of hydrogen-bond acceptors (Lipinski definition) is 7. The van der Waals surface area contributed by atoms with E-state index in [4.69, 9.17) is 9.47 Å². The Morgan fingerprint density at radius 2 is 1.91 bits per heavy atom. The van der Waals surface area contributed by atoms with Gasteiger partial charge in [0, 0.05) is 19.2 Å². The maximum absolute atomic E-state index is 12.7. The monoisotopic (exact) mass is 455 g/mol. The fourth-order valence-electron chi connectivity index (χ4n) is 3.27. The van der Waals surface area contributed by atoms with E-state index in [0.717, 1.165) is 17.7 Å². The number of ether oxygens (including phenoxy) is 2. The molecule has 170 valence electrons. The van der Waals surface area contributed by atoms with Crippen LogP contribution < -0.4 is 9.47 Å². The largest absolute Gasteiger partial charge is 0.493 e. The third kappa shape index (κ3) is 5.79. The lowest BCUT2D eigenvalue weighted by Crippen LogP contribution is -2.28. The summed E-state index contributed by atoms with van der Waals surface area (Å²) in [5.41, 5.74) is 3.04. The predicted octanol–water partition coefficient (Wildman–Crippen LogP) is 3.77. The molecule has 0 spiro atoms. The fraction of sp³-hybridized carbons (Fsp3) is 0.391. The zero-order valence-corrected chi connectivity index (χ0v) is 19.8. The summed E-state index contributed by atoms with van der Waals surface area (Å²) in [5, 5.41) is 12.5. The van der Waals surface area contributed by atoms with Crippen molar-refractivity contribution in [3.63, 3.8) is 0 Å². The van der Waals surface area contributed by atoms with Crippen molar-refractivity contribution in [3.05, 3.63) is 53.6 Å². The molecule has 0 aliphatic rings. The molecule has 0 radical (unpaired) electrons. The van der Waals surface area contributed by atoms with Crippen molar-refractivity contribution in [2.24, 2.45) is 0 Å². The predicted molar refractivity (Wildman–Crippen MR) is 125 cm³/mol. The van der Waals surface area contributed by atoms with Crippen molar-refractivity contribution in [2.75, 3.05) is 27.0 Å². The number of thioether (sulfide) groups is 1. The zero-order chi connectivity index (χ0) is 22.9. The van der Waals surface area contributed by atoms with Gasteiger partial charge in [-0.3, -0.25) is 4.79 Å². The van der Waals surface area contributed by atoms with Crippen molar-refractivity contribution in [1.29, 1.82) is 0 Å². The molecule has 0 saturated heterocycles. The molecule has 0 N–H and O–H groups in total. The number of nitrogens with zero attached hydrogens (tertiary/aromatic N) is 5. The van der Waals surface area contributed by atoms with E-state index in [9.17, 15) is 4.79 Å². The first-order valence-electron chi connectivity index (χ1n) is 10.5. The second-order valence-corrected chi connectivity index (χ2v) is 8.28. The molecule has 3 aromatic rings. The molecule has 32 heavy (non-hydrogen) atoms. The first kappa shape index (κ1) is 23.6. The van der Waals surface area contributed by atoms with Crippen LogP contribution in [0.4, 0.5) is 0 Å². The van der Waals surface area contributed by atoms with Gasteiger partial charge in [0.25, 0.3) is 0 Å². The van der Waals surface area contributed by atoms with Crippen LogP contribution in [0.2, 0.25) is 0 Å². The second-order valence-electron chi connectivity index (χ2n) is 7.33. The minimum absolute atomic E-state index is 0.0377. The molecule has 2 aromatic carbocycles. The number of benzene rings is 2. The van der Waals surface area contributed by atoms with Gasteiger partial charge in [-0.1, -0.05) is 49.4 Å². The Hall–Kier alpha value is -3.07. The lowest BCUT2D eigenvalue weighted by atomic mass is 10.1. The number of methoxy groups -OCH3 is 2. The lowest BCUT2D eigenvalue weighted by Gasteiger charge is -2.19. The molecule has 3 rings (SSSR count). The van der Waals surface area contributed by atoms with Crippen LogP contribution in [0.5, 0.6) is 11.5 Å². The van der Waals surface area contributed by atoms with Gasteiger partial charge in [0.2, 0.25) is 11.1 Å². The molecule has 8 nitrogen and oxygen atoms in total. The number of unbranched alkanes of at least 4 members (excludes halogenated alkanes) is 1. The Morgan fingerprint density at radius 1 is 1.12 bits per heavy atom. The Morgan fingerprint density at radius 3 is 2.59 bits per heavy atom. The third-order valence-electron chi connectivity index (χ3n) is 5.08. The summed E-state index contributed by atoms with van der Waals surface area (Å²) in [4.78, 5) is 14.4. The number of aromatic nitrogens is 4. The van der Waals surface area contributed by atoms with Crippen LogP contribution in [0.25, 0.3) is 5.69 Å². The maximum atomic E-state index is 12.7. The Balaban J connectivity index is 1.62. The Labute approximate surface area is 192 Å². The van der Waals surface area contributed by atoms with Crippen LogP contribution >= 0.6 is 11.8 Å². The van der Waals surface area contributed by atoms with Crippen molar-refractivity contribution >= 4 is 17.7 Å². The van der Waals surface area contributed by atoms with Gasteiger partial charge in [-0.15, -0.1) is 5.10 Å². The number of aryl methyl sites for hydroxylation is 1. The smallest absolute Gasteiger partial charge is 0.233 e. The maximum Gasteiger partial charge on any atom is 0.233 e. The van der Waals surface area contributed by atoms with Crippen LogP contribution in [-0.2, 0) is 17.8 Å². The SMILES string of the molecule is CCCCc1ccc(-n2nnnc2SCC(=O)N(C)Cc2cccc(OC)c2OC)cc1. The molecular formula is C23H29N5O3S. The van der Waals surface area contributed by atoms with E-state index in [-0.39, 0.29) is 11.7 Å². The van der Waals surface area contributed by atoms with E-state index in [0.29, 0.717) is 23.2 Å². The van der Waals surface area contributed by atoms with Crippen LogP contribution in [0.15, 0.2) is 47.6 Å². The molecule has 0 unspecified atom stereocenters. The molecule has 0 aliphatic heterocycles. The van der Waals surface area contributed by atoms with Crippen LogP contribution in [0, 0.1) is 0 Å². The number of tetrazole rings is 1. The number of hydrogen-bond donors (Lipinski definition) is 0. The molecule has 0 atom stereocenters. The Kier molecular flexibility index (Phi) is 8.49. The summed E-state index contributed by atoms with van der Waals surface area (Å²) in [6.45, 7) is 2.59. The number of amides is 1. The average molecular weight is 456 g/mol.